The lowest BCUT2D eigenvalue weighted by atomic mass is 9.97. The van der Waals surface area contributed by atoms with Crippen molar-refractivity contribution in [2.24, 2.45) is 7.05 Å². The van der Waals surface area contributed by atoms with Gasteiger partial charge >= 0.3 is 0 Å². The fraction of sp³-hybridized carbons (Fsp3) is 0.467. The Morgan fingerprint density at radius 1 is 1.29 bits per heavy atom. The molecule has 0 spiro atoms. The van der Waals surface area contributed by atoms with Crippen LogP contribution in [0, 0.1) is 0 Å². The summed E-state index contributed by atoms with van der Waals surface area (Å²) in [5.74, 6) is 0. The molecule has 0 bridgehead atoms. The van der Waals surface area contributed by atoms with Gasteiger partial charge in [0.2, 0.25) is 0 Å². The van der Waals surface area contributed by atoms with E-state index in [4.69, 9.17) is 0 Å². The normalized spacial score (nSPS) is 20.9. The topological polar surface area (TPSA) is 17.0 Å². The number of benzene rings is 1. The zero-order valence-electron chi connectivity index (χ0n) is 10.4. The van der Waals surface area contributed by atoms with Gasteiger partial charge in [-0.2, -0.15) is 0 Å². The zero-order chi connectivity index (χ0) is 11.7. The third-order valence-corrected chi connectivity index (χ3v) is 3.85. The maximum absolute atomic E-state index is 3.62. The Bertz CT molecular complexity index is 507. The third-order valence-electron chi connectivity index (χ3n) is 3.85. The van der Waals surface area contributed by atoms with E-state index in [-0.39, 0.29) is 0 Å². The lowest BCUT2D eigenvalue weighted by Gasteiger charge is -2.23. The monoisotopic (exact) mass is 228 g/mol. The predicted molar refractivity (Wildman–Crippen MR) is 72.3 cm³/mol. The summed E-state index contributed by atoms with van der Waals surface area (Å²) in [6.45, 7) is 1.19. The van der Waals surface area contributed by atoms with Gasteiger partial charge in [0.05, 0.1) is 0 Å². The zero-order valence-corrected chi connectivity index (χ0v) is 10.4. The van der Waals surface area contributed by atoms with Crippen LogP contribution in [0.15, 0.2) is 30.5 Å². The summed E-state index contributed by atoms with van der Waals surface area (Å²) >= 11 is 0. The number of aromatic nitrogens is 1. The average Bonchev–Trinajstić information content (AvgIpc) is 2.73. The van der Waals surface area contributed by atoms with Crippen molar-refractivity contribution in [2.75, 3.05) is 6.54 Å². The number of hydrogen-bond acceptors (Lipinski definition) is 1. The van der Waals surface area contributed by atoms with E-state index in [9.17, 15) is 0 Å². The van der Waals surface area contributed by atoms with Crippen LogP contribution >= 0.6 is 0 Å². The van der Waals surface area contributed by atoms with Gasteiger partial charge in [-0.25, -0.2) is 0 Å². The summed E-state index contributed by atoms with van der Waals surface area (Å²) < 4.78 is 2.20. The van der Waals surface area contributed by atoms with Crippen LogP contribution in [0.25, 0.3) is 10.9 Å². The number of nitrogens with one attached hydrogen (secondary N) is 1. The van der Waals surface area contributed by atoms with Crippen molar-refractivity contribution in [1.29, 1.82) is 0 Å². The molecule has 1 unspecified atom stereocenters. The fourth-order valence-electron chi connectivity index (χ4n) is 2.82. The first-order chi connectivity index (χ1) is 8.33. The van der Waals surface area contributed by atoms with Gasteiger partial charge < -0.3 is 9.88 Å². The highest BCUT2D eigenvalue weighted by atomic mass is 14.9. The van der Waals surface area contributed by atoms with E-state index in [0.717, 1.165) is 0 Å². The molecule has 2 aromatic rings. The third kappa shape index (κ3) is 2.22. The molecule has 1 N–H and O–H groups in total. The smallest absolute Gasteiger partial charge is 0.0480 e. The molecule has 2 heteroatoms. The van der Waals surface area contributed by atoms with Gasteiger partial charge in [0.15, 0.2) is 0 Å². The highest BCUT2D eigenvalue weighted by molar-refractivity contribution is 5.80. The van der Waals surface area contributed by atoms with E-state index >= 15 is 0 Å². The molecule has 1 atom stereocenters. The average molecular weight is 228 g/mol. The van der Waals surface area contributed by atoms with Crippen LogP contribution in [0.3, 0.4) is 0 Å². The maximum atomic E-state index is 3.62. The van der Waals surface area contributed by atoms with Gasteiger partial charge in [-0.3, -0.25) is 0 Å². The molecule has 2 nitrogen and oxygen atoms in total. The number of rotatable bonds is 2. The highest BCUT2D eigenvalue weighted by Gasteiger charge is 2.13. The summed E-state index contributed by atoms with van der Waals surface area (Å²) in [6.07, 6.45) is 7.34. The Labute approximate surface area is 103 Å². The van der Waals surface area contributed by atoms with Crippen molar-refractivity contribution in [2.45, 2.75) is 31.7 Å². The first-order valence-electron chi connectivity index (χ1n) is 6.60. The van der Waals surface area contributed by atoms with Gasteiger partial charge in [-0.1, -0.05) is 18.6 Å². The Morgan fingerprint density at radius 2 is 2.24 bits per heavy atom. The van der Waals surface area contributed by atoms with Crippen molar-refractivity contribution in [3.8, 4) is 0 Å². The van der Waals surface area contributed by atoms with Crippen molar-refractivity contribution >= 4 is 10.9 Å². The molecule has 2 heterocycles. The van der Waals surface area contributed by atoms with Gasteiger partial charge in [0.1, 0.15) is 0 Å². The molecule has 1 fully saturated rings. The quantitative estimate of drug-likeness (QED) is 0.836. The summed E-state index contributed by atoms with van der Waals surface area (Å²) in [4.78, 5) is 0. The molecule has 1 aliphatic rings. The molecule has 0 aliphatic carbocycles. The predicted octanol–water partition coefficient (Wildman–Crippen LogP) is 2.86. The lowest BCUT2D eigenvalue weighted by molar-refractivity contribution is 0.399. The van der Waals surface area contributed by atoms with Gasteiger partial charge in [-0.05, 0) is 48.9 Å². The maximum Gasteiger partial charge on any atom is 0.0480 e. The van der Waals surface area contributed by atoms with Crippen molar-refractivity contribution in [3.63, 3.8) is 0 Å². The minimum Gasteiger partial charge on any atom is -0.351 e. The number of aryl methyl sites for hydroxylation is 1. The fourth-order valence-corrected chi connectivity index (χ4v) is 2.82. The summed E-state index contributed by atoms with van der Waals surface area (Å²) in [6, 6.07) is 9.72. The number of nitrogens with zero attached hydrogens (tertiary/aromatic N) is 1. The van der Waals surface area contributed by atoms with Gasteiger partial charge in [0.25, 0.3) is 0 Å². The minimum atomic E-state index is 0.682. The second kappa shape index (κ2) is 4.53. The second-order valence-corrected chi connectivity index (χ2v) is 5.17. The Balaban J connectivity index is 1.82. The Morgan fingerprint density at radius 3 is 3.06 bits per heavy atom. The standard InChI is InChI=1S/C15H20N2/c1-17-9-7-13-6-5-12(11-15(13)17)10-14-4-2-3-8-16-14/h5-7,9,11,14,16H,2-4,8,10H2,1H3. The number of hydrogen-bond donors (Lipinski definition) is 1. The molecule has 0 amide bonds. The molecule has 17 heavy (non-hydrogen) atoms. The molecule has 0 radical (unpaired) electrons. The second-order valence-electron chi connectivity index (χ2n) is 5.17. The summed E-state index contributed by atoms with van der Waals surface area (Å²) in [7, 11) is 2.12. The highest BCUT2D eigenvalue weighted by Crippen LogP contribution is 2.19. The molecule has 1 aromatic carbocycles. The summed E-state index contributed by atoms with van der Waals surface area (Å²) in [5, 5.41) is 4.96. The van der Waals surface area contributed by atoms with Crippen LogP contribution in [-0.2, 0) is 13.5 Å². The van der Waals surface area contributed by atoms with Crippen LogP contribution in [0.4, 0.5) is 0 Å². The van der Waals surface area contributed by atoms with Crippen LogP contribution in [0.5, 0.6) is 0 Å². The van der Waals surface area contributed by atoms with E-state index in [1.165, 1.54) is 48.7 Å². The van der Waals surface area contributed by atoms with E-state index < -0.39 is 0 Å². The SMILES string of the molecule is Cn1ccc2ccc(CC3CCCCN3)cc21. The molecular weight excluding hydrogens is 208 g/mol. The largest absolute Gasteiger partial charge is 0.351 e. The van der Waals surface area contributed by atoms with Gasteiger partial charge in [-0.15, -0.1) is 0 Å². The molecule has 1 saturated heterocycles. The van der Waals surface area contributed by atoms with Crippen molar-refractivity contribution < 1.29 is 0 Å². The molecule has 1 aromatic heterocycles. The van der Waals surface area contributed by atoms with Gasteiger partial charge in [0, 0.05) is 24.8 Å². The van der Waals surface area contributed by atoms with E-state index in [1.807, 2.05) is 0 Å². The Hall–Kier alpha value is -1.28. The van der Waals surface area contributed by atoms with E-state index in [1.54, 1.807) is 0 Å². The van der Waals surface area contributed by atoms with Crippen LogP contribution < -0.4 is 5.32 Å². The van der Waals surface area contributed by atoms with Crippen LogP contribution in [0.2, 0.25) is 0 Å². The number of piperidine rings is 1. The van der Waals surface area contributed by atoms with E-state index in [0.29, 0.717) is 6.04 Å². The van der Waals surface area contributed by atoms with Crippen molar-refractivity contribution in [3.05, 3.63) is 36.0 Å². The lowest BCUT2D eigenvalue weighted by Crippen LogP contribution is -2.35. The molecule has 1 aliphatic heterocycles. The molecule has 0 saturated carbocycles. The number of fused-ring (bicyclic) bond motifs is 1. The Kier molecular flexibility index (Phi) is 2.89. The minimum absolute atomic E-state index is 0.682. The summed E-state index contributed by atoms with van der Waals surface area (Å²) in [5.41, 5.74) is 2.80. The van der Waals surface area contributed by atoms with Crippen LogP contribution in [0.1, 0.15) is 24.8 Å². The first kappa shape index (κ1) is 10.8. The molecule has 90 valence electrons. The van der Waals surface area contributed by atoms with Crippen LogP contribution in [-0.4, -0.2) is 17.2 Å². The molecular formula is C15H20N2. The van der Waals surface area contributed by atoms with Crippen molar-refractivity contribution in [1.82, 2.24) is 9.88 Å². The van der Waals surface area contributed by atoms with E-state index in [2.05, 4.69) is 47.4 Å². The first-order valence-corrected chi connectivity index (χ1v) is 6.60. The molecule has 3 rings (SSSR count).